The number of hydrogen-bond acceptors (Lipinski definition) is 2. The Morgan fingerprint density at radius 3 is 2.52 bits per heavy atom. The zero-order valence-corrected chi connectivity index (χ0v) is 14.2. The fraction of sp³-hybridized carbons (Fsp3) is 0.684. The fourth-order valence-electron chi connectivity index (χ4n) is 3.59. The maximum atomic E-state index is 3.79. The minimum Gasteiger partial charge on any atom is -0.307 e. The third kappa shape index (κ3) is 4.08. The highest BCUT2D eigenvalue weighted by atomic mass is 15.3. The van der Waals surface area contributed by atoms with Gasteiger partial charge in [-0.05, 0) is 24.8 Å². The van der Waals surface area contributed by atoms with E-state index in [1.807, 2.05) is 0 Å². The molecule has 118 valence electrons. The lowest BCUT2D eigenvalue weighted by molar-refractivity contribution is 0.0527. The van der Waals surface area contributed by atoms with Gasteiger partial charge in [-0.3, -0.25) is 4.90 Å². The molecule has 0 spiro atoms. The summed E-state index contributed by atoms with van der Waals surface area (Å²) in [6.07, 6.45) is 3.83. The van der Waals surface area contributed by atoms with Crippen molar-refractivity contribution < 1.29 is 0 Å². The molecule has 1 aromatic rings. The molecule has 0 aliphatic carbocycles. The third-order valence-electron chi connectivity index (χ3n) is 5.17. The fourth-order valence-corrected chi connectivity index (χ4v) is 3.59. The Hall–Kier alpha value is -0.860. The van der Waals surface area contributed by atoms with Gasteiger partial charge in [0, 0.05) is 31.2 Å². The summed E-state index contributed by atoms with van der Waals surface area (Å²) in [5.41, 5.74) is 1.42. The average Bonchev–Trinajstić information content (AvgIpc) is 2.54. The van der Waals surface area contributed by atoms with Crippen LogP contribution in [0.4, 0.5) is 0 Å². The minimum absolute atomic E-state index is 0.478. The number of hydrogen-bond donors (Lipinski definition) is 1. The van der Waals surface area contributed by atoms with E-state index in [1.165, 1.54) is 24.8 Å². The van der Waals surface area contributed by atoms with Crippen molar-refractivity contribution in [3.63, 3.8) is 0 Å². The van der Waals surface area contributed by atoms with Crippen molar-refractivity contribution in [1.82, 2.24) is 10.2 Å². The third-order valence-corrected chi connectivity index (χ3v) is 5.17. The van der Waals surface area contributed by atoms with Crippen LogP contribution in [0.25, 0.3) is 0 Å². The summed E-state index contributed by atoms with van der Waals surface area (Å²) in [7, 11) is 0. The molecule has 0 amide bonds. The molecule has 0 radical (unpaired) electrons. The molecule has 2 rings (SSSR count). The van der Waals surface area contributed by atoms with Crippen LogP contribution in [0.15, 0.2) is 30.3 Å². The first-order chi connectivity index (χ1) is 10.2. The summed E-state index contributed by atoms with van der Waals surface area (Å²) in [6.45, 7) is 11.7. The number of nitrogens with zero attached hydrogens (tertiary/aromatic N) is 1. The van der Waals surface area contributed by atoms with Gasteiger partial charge in [-0.1, -0.05) is 63.9 Å². The summed E-state index contributed by atoms with van der Waals surface area (Å²) in [5, 5.41) is 3.79. The van der Waals surface area contributed by atoms with Crippen LogP contribution in [-0.4, -0.2) is 30.1 Å². The molecule has 21 heavy (non-hydrogen) atoms. The summed E-state index contributed by atoms with van der Waals surface area (Å²) >= 11 is 0. The van der Waals surface area contributed by atoms with E-state index in [0.29, 0.717) is 18.1 Å². The van der Waals surface area contributed by atoms with Crippen molar-refractivity contribution >= 4 is 0 Å². The lowest BCUT2D eigenvalue weighted by atomic mass is 9.91. The maximum Gasteiger partial charge on any atom is 0.0450 e. The second kappa shape index (κ2) is 7.95. The molecule has 4 unspecified atom stereocenters. The van der Waals surface area contributed by atoms with Crippen LogP contribution in [0.5, 0.6) is 0 Å². The van der Waals surface area contributed by atoms with Crippen molar-refractivity contribution in [2.24, 2.45) is 5.92 Å². The number of benzene rings is 1. The highest BCUT2D eigenvalue weighted by Crippen LogP contribution is 2.27. The maximum absolute atomic E-state index is 3.79. The predicted octanol–water partition coefficient (Wildman–Crippen LogP) is 4.24. The smallest absolute Gasteiger partial charge is 0.0450 e. The van der Waals surface area contributed by atoms with Gasteiger partial charge in [0.05, 0.1) is 0 Å². The van der Waals surface area contributed by atoms with E-state index in [1.54, 1.807) is 0 Å². The SMILES string of the molecule is CCCC(C)N1CC(c2ccccc2)NCC1C(C)CC. The molecular weight excluding hydrogens is 256 g/mol. The molecule has 1 heterocycles. The Morgan fingerprint density at radius 2 is 1.90 bits per heavy atom. The largest absolute Gasteiger partial charge is 0.307 e. The van der Waals surface area contributed by atoms with Crippen LogP contribution in [0.3, 0.4) is 0 Å². The van der Waals surface area contributed by atoms with Crippen molar-refractivity contribution in [1.29, 1.82) is 0 Å². The van der Waals surface area contributed by atoms with Gasteiger partial charge in [0.1, 0.15) is 0 Å². The van der Waals surface area contributed by atoms with Gasteiger partial charge in [-0.25, -0.2) is 0 Å². The van der Waals surface area contributed by atoms with E-state index in [4.69, 9.17) is 0 Å². The first kappa shape index (κ1) is 16.5. The topological polar surface area (TPSA) is 15.3 Å². The molecule has 1 fully saturated rings. The van der Waals surface area contributed by atoms with Crippen LogP contribution >= 0.6 is 0 Å². The standard InChI is InChI=1S/C19H32N2/c1-5-10-16(4)21-14-18(17-11-8-7-9-12-17)20-13-19(21)15(3)6-2/h7-9,11-12,15-16,18-20H,5-6,10,13-14H2,1-4H3. The Bertz CT molecular complexity index is 403. The molecule has 2 heteroatoms. The molecule has 4 atom stereocenters. The Kier molecular flexibility index (Phi) is 6.25. The first-order valence-electron chi connectivity index (χ1n) is 8.71. The van der Waals surface area contributed by atoms with Crippen LogP contribution in [0, 0.1) is 5.92 Å². The molecule has 0 bridgehead atoms. The van der Waals surface area contributed by atoms with Gasteiger partial charge in [-0.15, -0.1) is 0 Å². The Balaban J connectivity index is 2.12. The van der Waals surface area contributed by atoms with Gasteiger partial charge >= 0.3 is 0 Å². The summed E-state index contributed by atoms with van der Waals surface area (Å²) in [4.78, 5) is 2.77. The van der Waals surface area contributed by atoms with Crippen molar-refractivity contribution in [3.8, 4) is 0 Å². The van der Waals surface area contributed by atoms with E-state index in [2.05, 4.69) is 68.2 Å². The molecule has 0 aromatic heterocycles. The molecule has 1 aliphatic heterocycles. The van der Waals surface area contributed by atoms with E-state index in [-0.39, 0.29) is 0 Å². The molecular formula is C19H32N2. The lowest BCUT2D eigenvalue weighted by Crippen LogP contribution is -2.57. The van der Waals surface area contributed by atoms with Gasteiger partial charge in [0.15, 0.2) is 0 Å². The lowest BCUT2D eigenvalue weighted by Gasteiger charge is -2.46. The van der Waals surface area contributed by atoms with E-state index >= 15 is 0 Å². The van der Waals surface area contributed by atoms with Crippen LogP contribution in [0.2, 0.25) is 0 Å². The van der Waals surface area contributed by atoms with E-state index in [0.717, 1.165) is 19.0 Å². The second-order valence-electron chi connectivity index (χ2n) is 6.66. The van der Waals surface area contributed by atoms with Crippen molar-refractivity contribution in [2.45, 2.75) is 65.1 Å². The molecule has 1 N–H and O–H groups in total. The monoisotopic (exact) mass is 288 g/mol. The average molecular weight is 288 g/mol. The summed E-state index contributed by atoms with van der Waals surface area (Å²) in [6, 6.07) is 12.7. The van der Waals surface area contributed by atoms with Gasteiger partial charge in [0.2, 0.25) is 0 Å². The molecule has 1 aliphatic rings. The zero-order valence-electron chi connectivity index (χ0n) is 14.2. The highest BCUT2D eigenvalue weighted by molar-refractivity contribution is 5.20. The minimum atomic E-state index is 0.478. The first-order valence-corrected chi connectivity index (χ1v) is 8.71. The Morgan fingerprint density at radius 1 is 1.19 bits per heavy atom. The second-order valence-corrected chi connectivity index (χ2v) is 6.66. The predicted molar refractivity (Wildman–Crippen MR) is 91.5 cm³/mol. The Labute approximate surface area is 130 Å². The zero-order chi connectivity index (χ0) is 15.2. The van der Waals surface area contributed by atoms with Gasteiger partial charge in [-0.2, -0.15) is 0 Å². The molecule has 0 saturated carbocycles. The molecule has 2 nitrogen and oxygen atoms in total. The normalized spacial score (nSPS) is 26.5. The van der Waals surface area contributed by atoms with Crippen LogP contribution in [-0.2, 0) is 0 Å². The number of rotatable bonds is 6. The van der Waals surface area contributed by atoms with Crippen LogP contribution in [0.1, 0.15) is 58.6 Å². The molecule has 1 saturated heterocycles. The molecule has 1 aromatic carbocycles. The van der Waals surface area contributed by atoms with E-state index in [9.17, 15) is 0 Å². The van der Waals surface area contributed by atoms with E-state index < -0.39 is 0 Å². The number of nitrogens with one attached hydrogen (secondary N) is 1. The highest BCUT2D eigenvalue weighted by Gasteiger charge is 2.33. The van der Waals surface area contributed by atoms with Gasteiger partial charge < -0.3 is 5.32 Å². The quantitative estimate of drug-likeness (QED) is 0.842. The summed E-state index contributed by atoms with van der Waals surface area (Å²) in [5.74, 6) is 0.758. The summed E-state index contributed by atoms with van der Waals surface area (Å²) < 4.78 is 0. The van der Waals surface area contributed by atoms with Crippen LogP contribution < -0.4 is 5.32 Å². The van der Waals surface area contributed by atoms with Crippen molar-refractivity contribution in [2.75, 3.05) is 13.1 Å². The van der Waals surface area contributed by atoms with Crippen molar-refractivity contribution in [3.05, 3.63) is 35.9 Å². The number of piperazine rings is 1. The van der Waals surface area contributed by atoms with Gasteiger partial charge in [0.25, 0.3) is 0 Å².